The second kappa shape index (κ2) is 5.02. The third-order valence-corrected chi connectivity index (χ3v) is 3.18. The summed E-state index contributed by atoms with van der Waals surface area (Å²) >= 11 is 0. The van der Waals surface area contributed by atoms with E-state index in [1.165, 1.54) is 13.2 Å². The van der Waals surface area contributed by atoms with E-state index < -0.39 is 0 Å². The van der Waals surface area contributed by atoms with Crippen LogP contribution in [0, 0.1) is 5.82 Å². The Balaban J connectivity index is 1.99. The van der Waals surface area contributed by atoms with Gasteiger partial charge in [0.25, 0.3) is 0 Å². The molecular formula is C13H18FNO2. The zero-order valence-corrected chi connectivity index (χ0v) is 10.3. The molecule has 1 aliphatic rings. The molecule has 0 aromatic heterocycles. The van der Waals surface area contributed by atoms with Crippen molar-refractivity contribution in [3.8, 4) is 5.75 Å². The maximum atomic E-state index is 13.7. The molecule has 17 heavy (non-hydrogen) atoms. The Morgan fingerprint density at radius 2 is 2.35 bits per heavy atom. The van der Waals surface area contributed by atoms with Crippen LogP contribution < -0.4 is 10.1 Å². The number of rotatable bonds is 4. The van der Waals surface area contributed by atoms with Crippen LogP contribution in [0.2, 0.25) is 0 Å². The van der Waals surface area contributed by atoms with Gasteiger partial charge in [-0.1, -0.05) is 6.07 Å². The second-order valence-corrected chi connectivity index (χ2v) is 4.67. The number of benzene rings is 1. The summed E-state index contributed by atoms with van der Waals surface area (Å²) in [5.41, 5.74) is 0.616. The highest BCUT2D eigenvalue weighted by Gasteiger charge is 2.28. The lowest BCUT2D eigenvalue weighted by molar-refractivity contribution is 0.171. The van der Waals surface area contributed by atoms with Gasteiger partial charge in [-0.25, -0.2) is 4.39 Å². The highest BCUT2D eigenvalue weighted by atomic mass is 19.1. The van der Waals surface area contributed by atoms with E-state index in [0.717, 1.165) is 13.0 Å². The van der Waals surface area contributed by atoms with Gasteiger partial charge < -0.3 is 14.8 Å². The maximum Gasteiger partial charge on any atom is 0.131 e. The smallest absolute Gasteiger partial charge is 0.131 e. The number of halogens is 1. The zero-order chi connectivity index (χ0) is 12.3. The van der Waals surface area contributed by atoms with Crippen LogP contribution >= 0.6 is 0 Å². The van der Waals surface area contributed by atoms with E-state index in [0.29, 0.717) is 24.5 Å². The molecule has 1 aromatic rings. The average molecular weight is 239 g/mol. The summed E-state index contributed by atoms with van der Waals surface area (Å²) in [6.07, 6.45) is 0.963. The maximum absolute atomic E-state index is 13.7. The van der Waals surface area contributed by atoms with E-state index in [9.17, 15) is 4.39 Å². The van der Waals surface area contributed by atoms with Crippen molar-refractivity contribution in [2.45, 2.75) is 25.4 Å². The Hall–Kier alpha value is -1.13. The molecule has 1 heterocycles. The Labute approximate surface area is 101 Å². The summed E-state index contributed by atoms with van der Waals surface area (Å²) in [6, 6.07) is 4.93. The Kier molecular flexibility index (Phi) is 3.64. The van der Waals surface area contributed by atoms with Gasteiger partial charge in [0.1, 0.15) is 11.6 Å². The van der Waals surface area contributed by atoms with Gasteiger partial charge in [-0.15, -0.1) is 0 Å². The lowest BCUT2D eigenvalue weighted by atomic mass is 10.0. The third-order valence-electron chi connectivity index (χ3n) is 3.18. The second-order valence-electron chi connectivity index (χ2n) is 4.67. The van der Waals surface area contributed by atoms with E-state index in [2.05, 4.69) is 12.2 Å². The van der Waals surface area contributed by atoms with Gasteiger partial charge >= 0.3 is 0 Å². The van der Waals surface area contributed by atoms with Crippen LogP contribution in [-0.2, 0) is 11.3 Å². The van der Waals surface area contributed by atoms with Crippen molar-refractivity contribution in [2.24, 2.45) is 0 Å². The van der Waals surface area contributed by atoms with Crippen LogP contribution in [0.3, 0.4) is 0 Å². The SMILES string of the molecule is COc1ccc(CNC2(C)CCOC2)c(F)c1. The molecule has 0 spiro atoms. The fraction of sp³-hybridized carbons (Fsp3) is 0.538. The first kappa shape index (κ1) is 12.3. The summed E-state index contributed by atoms with van der Waals surface area (Å²) in [6.45, 7) is 4.07. The molecule has 0 amide bonds. The molecule has 94 valence electrons. The molecule has 3 nitrogen and oxygen atoms in total. The minimum atomic E-state index is -0.237. The van der Waals surface area contributed by atoms with Gasteiger partial charge in [0.15, 0.2) is 0 Å². The van der Waals surface area contributed by atoms with Gasteiger partial charge in [-0.2, -0.15) is 0 Å². The molecule has 1 N–H and O–H groups in total. The molecule has 4 heteroatoms. The topological polar surface area (TPSA) is 30.5 Å². The number of nitrogens with one attached hydrogen (secondary N) is 1. The van der Waals surface area contributed by atoms with Crippen molar-refractivity contribution in [1.82, 2.24) is 5.32 Å². The largest absolute Gasteiger partial charge is 0.497 e. The first-order valence-corrected chi connectivity index (χ1v) is 5.78. The molecular weight excluding hydrogens is 221 g/mol. The van der Waals surface area contributed by atoms with Gasteiger partial charge in [-0.3, -0.25) is 0 Å². The first-order valence-electron chi connectivity index (χ1n) is 5.78. The van der Waals surface area contributed by atoms with Crippen LogP contribution in [0.25, 0.3) is 0 Å². The van der Waals surface area contributed by atoms with E-state index in [-0.39, 0.29) is 11.4 Å². The Morgan fingerprint density at radius 1 is 1.53 bits per heavy atom. The van der Waals surface area contributed by atoms with E-state index in [4.69, 9.17) is 9.47 Å². The summed E-state index contributed by atoms with van der Waals surface area (Å²) in [5.74, 6) is 0.307. The molecule has 0 radical (unpaired) electrons. The van der Waals surface area contributed by atoms with Crippen LogP contribution in [0.1, 0.15) is 18.9 Å². The van der Waals surface area contributed by atoms with Crippen molar-refractivity contribution in [2.75, 3.05) is 20.3 Å². The molecule has 0 bridgehead atoms. The molecule has 0 saturated carbocycles. The molecule has 1 fully saturated rings. The van der Waals surface area contributed by atoms with Gasteiger partial charge in [0.05, 0.1) is 13.7 Å². The van der Waals surface area contributed by atoms with Gasteiger partial charge in [0.2, 0.25) is 0 Å². The molecule has 0 aliphatic carbocycles. The predicted molar refractivity (Wildman–Crippen MR) is 63.6 cm³/mol. The molecule has 1 saturated heterocycles. The highest BCUT2D eigenvalue weighted by Crippen LogP contribution is 2.20. The highest BCUT2D eigenvalue weighted by molar-refractivity contribution is 5.28. The predicted octanol–water partition coefficient (Wildman–Crippen LogP) is 2.10. The average Bonchev–Trinajstić information content (AvgIpc) is 2.75. The van der Waals surface area contributed by atoms with Crippen molar-refractivity contribution in [3.05, 3.63) is 29.6 Å². The summed E-state index contributed by atoms with van der Waals surface area (Å²) < 4.78 is 24.0. The van der Waals surface area contributed by atoms with Crippen LogP contribution in [0.4, 0.5) is 4.39 Å². The first-order chi connectivity index (χ1) is 8.13. The lowest BCUT2D eigenvalue weighted by Crippen LogP contribution is -2.42. The normalized spacial score (nSPS) is 23.9. The van der Waals surface area contributed by atoms with Gasteiger partial charge in [-0.05, 0) is 19.4 Å². The molecule has 1 atom stereocenters. The number of methoxy groups -OCH3 is 1. The van der Waals surface area contributed by atoms with E-state index in [1.54, 1.807) is 12.1 Å². The molecule has 1 aromatic carbocycles. The summed E-state index contributed by atoms with van der Waals surface area (Å²) in [5, 5.41) is 3.35. The van der Waals surface area contributed by atoms with Crippen molar-refractivity contribution >= 4 is 0 Å². The summed E-state index contributed by atoms with van der Waals surface area (Å²) in [4.78, 5) is 0. The zero-order valence-electron chi connectivity index (χ0n) is 10.3. The Bertz CT molecular complexity index is 389. The minimum Gasteiger partial charge on any atom is -0.497 e. The molecule has 1 aliphatic heterocycles. The number of hydrogen-bond acceptors (Lipinski definition) is 3. The molecule has 1 unspecified atom stereocenters. The van der Waals surface area contributed by atoms with Gasteiger partial charge in [0, 0.05) is 30.3 Å². The quantitative estimate of drug-likeness (QED) is 0.873. The molecule has 2 rings (SSSR count). The van der Waals surface area contributed by atoms with Crippen LogP contribution in [0.5, 0.6) is 5.75 Å². The standard InChI is InChI=1S/C13H18FNO2/c1-13(5-6-17-9-13)15-8-10-3-4-11(16-2)7-12(10)14/h3-4,7,15H,5-6,8-9H2,1-2H3. The van der Waals surface area contributed by atoms with Crippen molar-refractivity contribution < 1.29 is 13.9 Å². The third kappa shape index (κ3) is 2.96. The van der Waals surface area contributed by atoms with E-state index in [1.807, 2.05) is 0 Å². The van der Waals surface area contributed by atoms with Crippen molar-refractivity contribution in [3.63, 3.8) is 0 Å². The van der Waals surface area contributed by atoms with Crippen LogP contribution in [-0.4, -0.2) is 25.9 Å². The minimum absolute atomic E-state index is 0.0353. The fourth-order valence-electron chi connectivity index (χ4n) is 1.91. The number of ether oxygens (including phenoxy) is 2. The number of hydrogen-bond donors (Lipinski definition) is 1. The Morgan fingerprint density at radius 3 is 2.94 bits per heavy atom. The van der Waals surface area contributed by atoms with Crippen LogP contribution in [0.15, 0.2) is 18.2 Å². The summed E-state index contributed by atoms with van der Waals surface area (Å²) in [7, 11) is 1.53. The van der Waals surface area contributed by atoms with E-state index >= 15 is 0 Å². The fourth-order valence-corrected chi connectivity index (χ4v) is 1.91. The lowest BCUT2D eigenvalue weighted by Gasteiger charge is -2.23. The van der Waals surface area contributed by atoms with Crippen molar-refractivity contribution in [1.29, 1.82) is 0 Å². The monoisotopic (exact) mass is 239 g/mol.